The molecule has 1 aromatic rings. The molecule has 1 heterocycles. The van der Waals surface area contributed by atoms with Crippen LogP contribution >= 0.6 is 0 Å². The highest BCUT2D eigenvalue weighted by atomic mass is 16.5. The Labute approximate surface area is 82.3 Å². The van der Waals surface area contributed by atoms with E-state index in [-0.39, 0.29) is 6.61 Å². The van der Waals surface area contributed by atoms with Gasteiger partial charge in [0.1, 0.15) is 5.69 Å². The molecule has 0 unspecified atom stereocenters. The fraction of sp³-hybridized carbons (Fsp3) is 0.444. The Morgan fingerprint density at radius 2 is 2.29 bits per heavy atom. The molecular weight excluding hydrogens is 182 g/mol. The molecule has 2 N–H and O–H groups in total. The largest absolute Gasteiger partial charge is 0.477 e. The third-order valence-electron chi connectivity index (χ3n) is 1.58. The Morgan fingerprint density at radius 3 is 2.79 bits per heavy atom. The molecule has 0 bridgehead atoms. The van der Waals surface area contributed by atoms with Crippen molar-refractivity contribution in [1.29, 1.82) is 5.41 Å². The predicted molar refractivity (Wildman–Crippen MR) is 51.7 cm³/mol. The van der Waals surface area contributed by atoms with Gasteiger partial charge in [0.05, 0.1) is 12.3 Å². The maximum absolute atomic E-state index is 8.52. The Kier molecular flexibility index (Phi) is 4.00. The zero-order chi connectivity index (χ0) is 10.4. The van der Waals surface area contributed by atoms with Crippen molar-refractivity contribution in [2.75, 3.05) is 13.2 Å². The van der Waals surface area contributed by atoms with Crippen LogP contribution < -0.4 is 4.74 Å². The molecule has 0 radical (unpaired) electrons. The SMILES string of the molecule is CC(=N)c1ccc(OCCCO)nn1. The Hall–Kier alpha value is -1.49. The molecule has 0 spiro atoms. The van der Waals surface area contributed by atoms with Crippen LogP contribution in [0.1, 0.15) is 19.0 Å². The van der Waals surface area contributed by atoms with Gasteiger partial charge in [-0.1, -0.05) is 0 Å². The van der Waals surface area contributed by atoms with Crippen molar-refractivity contribution < 1.29 is 9.84 Å². The van der Waals surface area contributed by atoms with E-state index in [9.17, 15) is 0 Å². The summed E-state index contributed by atoms with van der Waals surface area (Å²) in [6.07, 6.45) is 0.576. The van der Waals surface area contributed by atoms with Gasteiger partial charge in [0.15, 0.2) is 0 Å². The van der Waals surface area contributed by atoms with Crippen molar-refractivity contribution in [3.63, 3.8) is 0 Å². The van der Waals surface area contributed by atoms with Crippen molar-refractivity contribution in [3.05, 3.63) is 17.8 Å². The first-order chi connectivity index (χ1) is 6.74. The Morgan fingerprint density at radius 1 is 1.50 bits per heavy atom. The molecule has 0 amide bonds. The summed E-state index contributed by atoms with van der Waals surface area (Å²) in [4.78, 5) is 0. The normalized spacial score (nSPS) is 9.86. The molecule has 0 aliphatic carbocycles. The van der Waals surface area contributed by atoms with E-state index < -0.39 is 0 Å². The van der Waals surface area contributed by atoms with Crippen molar-refractivity contribution >= 4 is 5.71 Å². The predicted octanol–water partition coefficient (Wildman–Crippen LogP) is 0.626. The van der Waals surface area contributed by atoms with Gasteiger partial charge in [0.2, 0.25) is 5.88 Å². The smallest absolute Gasteiger partial charge is 0.233 e. The first kappa shape index (κ1) is 10.6. The second-order valence-electron chi connectivity index (χ2n) is 2.81. The van der Waals surface area contributed by atoms with Gasteiger partial charge in [-0.25, -0.2) is 0 Å². The molecule has 0 saturated heterocycles. The molecule has 5 nitrogen and oxygen atoms in total. The second-order valence-corrected chi connectivity index (χ2v) is 2.81. The molecule has 0 aliphatic heterocycles. The van der Waals surface area contributed by atoms with Crippen LogP contribution in [0.5, 0.6) is 5.88 Å². The number of aliphatic hydroxyl groups excluding tert-OH is 1. The quantitative estimate of drug-likeness (QED) is 0.533. The minimum Gasteiger partial charge on any atom is -0.477 e. The highest BCUT2D eigenvalue weighted by molar-refractivity contribution is 5.94. The molecule has 76 valence electrons. The number of aliphatic hydroxyl groups is 1. The van der Waals surface area contributed by atoms with E-state index in [2.05, 4.69) is 10.2 Å². The summed E-state index contributed by atoms with van der Waals surface area (Å²) in [6.45, 7) is 2.18. The van der Waals surface area contributed by atoms with Crippen LogP contribution in [0, 0.1) is 5.41 Å². The zero-order valence-corrected chi connectivity index (χ0v) is 8.03. The second kappa shape index (κ2) is 5.29. The average molecular weight is 195 g/mol. The summed E-state index contributed by atoms with van der Waals surface area (Å²) in [5.74, 6) is 0.420. The highest BCUT2D eigenvalue weighted by Crippen LogP contribution is 2.05. The Bertz CT molecular complexity index is 297. The fourth-order valence-corrected chi connectivity index (χ4v) is 0.838. The van der Waals surface area contributed by atoms with Crippen molar-refractivity contribution in [2.24, 2.45) is 0 Å². The molecule has 5 heteroatoms. The molecule has 14 heavy (non-hydrogen) atoms. The summed E-state index contributed by atoms with van der Waals surface area (Å²) in [5, 5.41) is 23.4. The maximum Gasteiger partial charge on any atom is 0.233 e. The van der Waals surface area contributed by atoms with E-state index in [4.69, 9.17) is 15.3 Å². The zero-order valence-electron chi connectivity index (χ0n) is 8.03. The highest BCUT2D eigenvalue weighted by Gasteiger charge is 1.99. The summed E-state index contributed by atoms with van der Waals surface area (Å²) >= 11 is 0. The summed E-state index contributed by atoms with van der Waals surface area (Å²) in [6, 6.07) is 3.35. The van der Waals surface area contributed by atoms with Crippen LogP contribution in [0.25, 0.3) is 0 Å². The lowest BCUT2D eigenvalue weighted by atomic mass is 10.3. The molecular formula is C9H13N3O2. The molecule has 1 aromatic heterocycles. The maximum atomic E-state index is 8.52. The van der Waals surface area contributed by atoms with Crippen LogP contribution in [-0.2, 0) is 0 Å². The van der Waals surface area contributed by atoms with E-state index >= 15 is 0 Å². The van der Waals surface area contributed by atoms with Gasteiger partial charge in [-0.15, -0.1) is 10.2 Å². The van der Waals surface area contributed by atoms with Gasteiger partial charge in [-0.2, -0.15) is 0 Å². The van der Waals surface area contributed by atoms with Gasteiger partial charge in [0.25, 0.3) is 0 Å². The molecule has 0 atom stereocenters. The summed E-state index contributed by atoms with van der Waals surface area (Å²) < 4.78 is 5.18. The lowest BCUT2D eigenvalue weighted by molar-refractivity contribution is 0.228. The third-order valence-corrected chi connectivity index (χ3v) is 1.58. The number of nitrogens with one attached hydrogen (secondary N) is 1. The third kappa shape index (κ3) is 3.10. The number of nitrogens with zero attached hydrogens (tertiary/aromatic N) is 2. The first-order valence-electron chi connectivity index (χ1n) is 4.37. The van der Waals surface area contributed by atoms with E-state index in [0.29, 0.717) is 30.3 Å². The summed E-state index contributed by atoms with van der Waals surface area (Å²) in [5.41, 5.74) is 0.916. The van der Waals surface area contributed by atoms with Crippen LogP contribution in [0.15, 0.2) is 12.1 Å². The van der Waals surface area contributed by atoms with E-state index in [1.807, 2.05) is 0 Å². The minimum absolute atomic E-state index is 0.102. The van der Waals surface area contributed by atoms with E-state index in [0.717, 1.165) is 0 Å². The summed E-state index contributed by atoms with van der Waals surface area (Å²) in [7, 11) is 0. The first-order valence-corrected chi connectivity index (χ1v) is 4.37. The van der Waals surface area contributed by atoms with Crippen molar-refractivity contribution in [1.82, 2.24) is 10.2 Å². The minimum atomic E-state index is 0.102. The topological polar surface area (TPSA) is 79.1 Å². The lowest BCUT2D eigenvalue weighted by Crippen LogP contribution is -2.04. The molecule has 0 aromatic carbocycles. The van der Waals surface area contributed by atoms with Crippen molar-refractivity contribution in [2.45, 2.75) is 13.3 Å². The van der Waals surface area contributed by atoms with Crippen LogP contribution in [0.4, 0.5) is 0 Å². The number of hydrogen-bond acceptors (Lipinski definition) is 5. The number of aromatic nitrogens is 2. The standard InChI is InChI=1S/C9H13N3O2/c1-7(10)8-3-4-9(12-11-8)14-6-2-5-13/h3-4,10,13H,2,5-6H2,1H3. The average Bonchev–Trinajstić information content (AvgIpc) is 2.19. The van der Waals surface area contributed by atoms with Gasteiger partial charge in [-0.3, -0.25) is 0 Å². The molecule has 0 fully saturated rings. The molecule has 1 rings (SSSR count). The fourth-order valence-electron chi connectivity index (χ4n) is 0.838. The Balaban J connectivity index is 2.51. The van der Waals surface area contributed by atoms with Gasteiger partial charge in [0, 0.05) is 19.1 Å². The molecule has 0 aliphatic rings. The number of rotatable bonds is 5. The van der Waals surface area contributed by atoms with Gasteiger partial charge < -0.3 is 15.3 Å². The number of hydrogen-bond donors (Lipinski definition) is 2. The van der Waals surface area contributed by atoms with Crippen LogP contribution in [0.2, 0.25) is 0 Å². The monoisotopic (exact) mass is 195 g/mol. The van der Waals surface area contributed by atoms with Gasteiger partial charge in [-0.05, 0) is 13.0 Å². The lowest BCUT2D eigenvalue weighted by Gasteiger charge is -2.03. The van der Waals surface area contributed by atoms with E-state index in [1.54, 1.807) is 19.1 Å². The number of ether oxygens (including phenoxy) is 1. The van der Waals surface area contributed by atoms with E-state index in [1.165, 1.54) is 0 Å². The van der Waals surface area contributed by atoms with Crippen LogP contribution in [-0.4, -0.2) is 34.2 Å². The van der Waals surface area contributed by atoms with Crippen molar-refractivity contribution in [3.8, 4) is 5.88 Å². The molecule has 0 saturated carbocycles. The van der Waals surface area contributed by atoms with Gasteiger partial charge >= 0.3 is 0 Å². The van der Waals surface area contributed by atoms with Crippen LogP contribution in [0.3, 0.4) is 0 Å².